The number of anilines is 1. The topological polar surface area (TPSA) is 75.6 Å². The highest BCUT2D eigenvalue weighted by molar-refractivity contribution is 5.76. The third kappa shape index (κ3) is 2.53. The van der Waals surface area contributed by atoms with E-state index in [2.05, 4.69) is 9.88 Å². The summed E-state index contributed by atoms with van der Waals surface area (Å²) >= 11 is 0. The van der Waals surface area contributed by atoms with Crippen LogP contribution in [0.5, 0.6) is 0 Å². The monoisotopic (exact) mass is 260 g/mol. The Kier molecular flexibility index (Phi) is 3.08. The minimum absolute atomic E-state index is 0.282. The number of rotatable bonds is 3. The van der Waals surface area contributed by atoms with Gasteiger partial charge in [0.05, 0.1) is 6.54 Å². The van der Waals surface area contributed by atoms with Crippen molar-refractivity contribution < 1.29 is 9.21 Å². The first-order chi connectivity index (χ1) is 9.22. The third-order valence-corrected chi connectivity index (χ3v) is 3.30. The van der Waals surface area contributed by atoms with Crippen LogP contribution in [0.3, 0.4) is 0 Å². The highest BCUT2D eigenvalue weighted by atomic mass is 16.4. The lowest BCUT2D eigenvalue weighted by atomic mass is 10.3. The molecule has 100 valence electrons. The fraction of sp³-hybridized carbons (Fsp3) is 0.385. The predicted octanol–water partition coefficient (Wildman–Crippen LogP) is 0.435. The molecule has 0 unspecified atom stereocenters. The minimum Gasteiger partial charge on any atom is -0.423 e. The van der Waals surface area contributed by atoms with E-state index in [0.29, 0.717) is 12.6 Å². The molecule has 2 heterocycles. The minimum atomic E-state index is -0.282. The summed E-state index contributed by atoms with van der Waals surface area (Å²) in [5, 5.41) is 0. The smallest absolute Gasteiger partial charge is 0.298 e. The maximum Gasteiger partial charge on any atom is 0.298 e. The number of nitrogens with zero attached hydrogens (tertiary/aromatic N) is 3. The van der Waals surface area contributed by atoms with Gasteiger partial charge in [-0.3, -0.25) is 9.69 Å². The van der Waals surface area contributed by atoms with Gasteiger partial charge in [0, 0.05) is 26.2 Å². The number of oxazole rings is 1. The van der Waals surface area contributed by atoms with E-state index >= 15 is 0 Å². The highest BCUT2D eigenvalue weighted by Gasteiger charge is 2.21. The van der Waals surface area contributed by atoms with Gasteiger partial charge in [-0.1, -0.05) is 12.1 Å². The molecular weight excluding hydrogens is 244 g/mol. The summed E-state index contributed by atoms with van der Waals surface area (Å²) in [5.41, 5.74) is 6.87. The number of nitrogens with two attached hydrogens (primary N) is 1. The van der Waals surface area contributed by atoms with Crippen molar-refractivity contribution in [2.75, 3.05) is 37.6 Å². The van der Waals surface area contributed by atoms with E-state index in [1.807, 2.05) is 29.2 Å². The summed E-state index contributed by atoms with van der Waals surface area (Å²) in [6.07, 6.45) is 0. The molecule has 6 nitrogen and oxygen atoms in total. The Morgan fingerprint density at radius 1 is 1.26 bits per heavy atom. The van der Waals surface area contributed by atoms with E-state index in [0.717, 1.165) is 37.3 Å². The van der Waals surface area contributed by atoms with E-state index in [9.17, 15) is 4.79 Å². The predicted molar refractivity (Wildman–Crippen MR) is 71.9 cm³/mol. The molecule has 19 heavy (non-hydrogen) atoms. The van der Waals surface area contributed by atoms with Crippen molar-refractivity contribution in [3.8, 4) is 0 Å². The van der Waals surface area contributed by atoms with Crippen molar-refractivity contribution in [1.29, 1.82) is 0 Å². The molecule has 1 aromatic heterocycles. The molecule has 1 fully saturated rings. The average Bonchev–Trinajstić information content (AvgIpc) is 2.82. The van der Waals surface area contributed by atoms with E-state index in [1.54, 1.807) is 0 Å². The summed E-state index contributed by atoms with van der Waals surface area (Å²) in [6.45, 7) is 3.49. The van der Waals surface area contributed by atoms with Crippen LogP contribution in [0.15, 0.2) is 28.7 Å². The van der Waals surface area contributed by atoms with Crippen LogP contribution in [-0.4, -0.2) is 48.5 Å². The number of fused-ring (bicyclic) bond motifs is 1. The molecule has 0 radical (unpaired) electrons. The number of hydrogen-bond acceptors (Lipinski definition) is 5. The second-order valence-corrected chi connectivity index (χ2v) is 4.69. The SMILES string of the molecule is NC(=O)CN1CCN(c2nc3ccccc3o2)CC1. The lowest BCUT2D eigenvalue weighted by Crippen LogP contribution is -2.49. The van der Waals surface area contributed by atoms with Gasteiger partial charge in [-0.05, 0) is 12.1 Å². The van der Waals surface area contributed by atoms with Gasteiger partial charge in [-0.15, -0.1) is 0 Å². The molecule has 1 aliphatic rings. The van der Waals surface area contributed by atoms with Crippen molar-refractivity contribution >= 4 is 23.0 Å². The molecular formula is C13H16N4O2. The fourth-order valence-corrected chi connectivity index (χ4v) is 2.31. The Morgan fingerprint density at radius 3 is 2.68 bits per heavy atom. The zero-order valence-corrected chi connectivity index (χ0v) is 10.6. The number of carbonyl (C=O) groups excluding carboxylic acids is 1. The highest BCUT2D eigenvalue weighted by Crippen LogP contribution is 2.22. The summed E-state index contributed by atoms with van der Waals surface area (Å²) in [6, 6.07) is 8.38. The van der Waals surface area contributed by atoms with Crippen LogP contribution in [-0.2, 0) is 4.79 Å². The van der Waals surface area contributed by atoms with Gasteiger partial charge in [0.25, 0.3) is 6.01 Å². The van der Waals surface area contributed by atoms with Crippen LogP contribution in [0.4, 0.5) is 6.01 Å². The zero-order valence-electron chi connectivity index (χ0n) is 10.6. The number of hydrogen-bond donors (Lipinski definition) is 1. The molecule has 0 atom stereocenters. The number of carbonyl (C=O) groups is 1. The summed E-state index contributed by atoms with van der Waals surface area (Å²) in [7, 11) is 0. The van der Waals surface area contributed by atoms with E-state index < -0.39 is 0 Å². The van der Waals surface area contributed by atoms with Gasteiger partial charge in [0.1, 0.15) is 5.52 Å². The molecule has 0 bridgehead atoms. The van der Waals surface area contributed by atoms with Gasteiger partial charge in [-0.25, -0.2) is 0 Å². The number of primary amides is 1. The molecule has 0 spiro atoms. The lowest BCUT2D eigenvalue weighted by molar-refractivity contribution is -0.119. The number of para-hydroxylation sites is 2. The quantitative estimate of drug-likeness (QED) is 0.866. The van der Waals surface area contributed by atoms with Crippen LogP contribution in [0, 0.1) is 0 Å². The van der Waals surface area contributed by atoms with Crippen LogP contribution in [0.25, 0.3) is 11.1 Å². The Bertz CT molecular complexity index is 554. The Balaban J connectivity index is 1.69. The van der Waals surface area contributed by atoms with E-state index in [-0.39, 0.29) is 5.91 Å². The fourth-order valence-electron chi connectivity index (χ4n) is 2.31. The second-order valence-electron chi connectivity index (χ2n) is 4.69. The van der Waals surface area contributed by atoms with Gasteiger partial charge < -0.3 is 15.1 Å². The molecule has 1 saturated heterocycles. The van der Waals surface area contributed by atoms with Gasteiger partial charge >= 0.3 is 0 Å². The Morgan fingerprint density at radius 2 is 2.00 bits per heavy atom. The molecule has 1 amide bonds. The normalized spacial score (nSPS) is 16.9. The number of aromatic nitrogens is 1. The average molecular weight is 260 g/mol. The molecule has 6 heteroatoms. The lowest BCUT2D eigenvalue weighted by Gasteiger charge is -2.32. The zero-order chi connectivity index (χ0) is 13.2. The van der Waals surface area contributed by atoms with Crippen molar-refractivity contribution in [3.05, 3.63) is 24.3 Å². The molecule has 3 rings (SSSR count). The largest absolute Gasteiger partial charge is 0.423 e. The van der Waals surface area contributed by atoms with Gasteiger partial charge in [-0.2, -0.15) is 4.98 Å². The first kappa shape index (κ1) is 12.0. The van der Waals surface area contributed by atoms with Crippen molar-refractivity contribution in [2.24, 2.45) is 5.73 Å². The van der Waals surface area contributed by atoms with Crippen molar-refractivity contribution in [1.82, 2.24) is 9.88 Å². The number of amides is 1. The summed E-state index contributed by atoms with van der Waals surface area (Å²) < 4.78 is 5.73. The van der Waals surface area contributed by atoms with E-state index in [4.69, 9.17) is 10.2 Å². The first-order valence-corrected chi connectivity index (χ1v) is 6.33. The van der Waals surface area contributed by atoms with Crippen LogP contribution in [0.1, 0.15) is 0 Å². The number of benzene rings is 1. The maximum absolute atomic E-state index is 10.9. The summed E-state index contributed by atoms with van der Waals surface area (Å²) in [5.74, 6) is -0.282. The standard InChI is InChI=1S/C13H16N4O2/c14-12(18)9-16-5-7-17(8-6-16)13-15-10-3-1-2-4-11(10)19-13/h1-4H,5-9H2,(H2,14,18). The Hall–Kier alpha value is -2.08. The summed E-state index contributed by atoms with van der Waals surface area (Å²) in [4.78, 5) is 19.5. The van der Waals surface area contributed by atoms with E-state index in [1.165, 1.54) is 0 Å². The van der Waals surface area contributed by atoms with Crippen LogP contribution >= 0.6 is 0 Å². The molecule has 0 aliphatic carbocycles. The Labute approximate surface area is 110 Å². The molecule has 2 N–H and O–H groups in total. The molecule has 2 aromatic rings. The van der Waals surface area contributed by atoms with Crippen LogP contribution < -0.4 is 10.6 Å². The third-order valence-electron chi connectivity index (χ3n) is 3.30. The van der Waals surface area contributed by atoms with Crippen molar-refractivity contribution in [2.45, 2.75) is 0 Å². The molecule has 1 aliphatic heterocycles. The second kappa shape index (κ2) is 4.89. The van der Waals surface area contributed by atoms with Crippen LogP contribution in [0.2, 0.25) is 0 Å². The maximum atomic E-state index is 10.9. The molecule has 1 aromatic carbocycles. The molecule has 0 saturated carbocycles. The van der Waals surface area contributed by atoms with Gasteiger partial charge in [0.15, 0.2) is 5.58 Å². The van der Waals surface area contributed by atoms with Crippen molar-refractivity contribution in [3.63, 3.8) is 0 Å². The van der Waals surface area contributed by atoms with Gasteiger partial charge in [0.2, 0.25) is 5.91 Å². The number of piperazine rings is 1. The first-order valence-electron chi connectivity index (χ1n) is 6.33.